The molecule has 1 radical (unpaired) electrons. The Bertz CT molecular complexity index is 1530. The summed E-state index contributed by atoms with van der Waals surface area (Å²) in [5.74, 6) is 1.32. The summed E-state index contributed by atoms with van der Waals surface area (Å²) in [6.45, 7) is 7.25. The van der Waals surface area contributed by atoms with Crippen LogP contribution in [-0.2, 0) is 24.9 Å². The quantitative estimate of drug-likeness (QED) is 0.115. The van der Waals surface area contributed by atoms with E-state index in [1.807, 2.05) is 12.1 Å². The van der Waals surface area contributed by atoms with Crippen molar-refractivity contribution in [2.75, 3.05) is 0 Å². The molecule has 0 aliphatic rings. The van der Waals surface area contributed by atoms with Crippen molar-refractivity contribution in [1.29, 1.82) is 0 Å². The van der Waals surface area contributed by atoms with Crippen LogP contribution in [0, 0.1) is 6.07 Å². The van der Waals surface area contributed by atoms with Crippen LogP contribution < -0.4 is 0 Å². The minimum absolute atomic E-state index is 0. The molecule has 2 aromatic heterocycles. The first-order valence-electron chi connectivity index (χ1n) is 12.3. The van der Waals surface area contributed by atoms with Crippen molar-refractivity contribution in [2.45, 2.75) is 33.6 Å². The summed E-state index contributed by atoms with van der Waals surface area (Å²) < 4.78 is 6.07. The number of furan rings is 1. The van der Waals surface area contributed by atoms with Crippen LogP contribution in [0.4, 0.5) is 0 Å². The van der Waals surface area contributed by atoms with Gasteiger partial charge in [0.2, 0.25) is 0 Å². The third kappa shape index (κ3) is 7.38. The molecule has 1 N–H and O–H groups in total. The molecule has 0 atom stereocenters. The maximum atomic E-state index is 10.0. The number of aromatic nitrogens is 1. The van der Waals surface area contributed by atoms with E-state index < -0.39 is 0 Å². The number of allylic oxidation sites excluding steroid dienone is 2. The SMILES string of the molecule is CC(=O)/C=C(/C)O.CC(C)c1ccc(-c2cc3cc(-c4[c-]ccc(-c5ccccc5)c4)ncc3o2)cc1.[Ir]. The maximum Gasteiger partial charge on any atom is 0.155 e. The first kappa shape index (κ1) is 28.8. The summed E-state index contributed by atoms with van der Waals surface area (Å²) in [5.41, 5.74) is 7.40. The minimum atomic E-state index is -0.125. The van der Waals surface area contributed by atoms with E-state index in [9.17, 15) is 4.79 Å². The van der Waals surface area contributed by atoms with E-state index in [0.29, 0.717) is 5.92 Å². The molecule has 3 aromatic carbocycles. The average Bonchev–Trinajstić information content (AvgIpc) is 3.32. The number of aliphatic hydroxyl groups excluding tert-OH is 1. The maximum absolute atomic E-state index is 10.0. The third-order valence-electron chi connectivity index (χ3n) is 5.86. The molecule has 0 bridgehead atoms. The largest absolute Gasteiger partial charge is 0.512 e. The van der Waals surface area contributed by atoms with Crippen LogP contribution >= 0.6 is 0 Å². The van der Waals surface area contributed by atoms with Crippen molar-refractivity contribution < 1.29 is 34.4 Å². The van der Waals surface area contributed by atoms with Gasteiger partial charge in [0, 0.05) is 37.1 Å². The van der Waals surface area contributed by atoms with Crippen molar-refractivity contribution in [3.05, 3.63) is 115 Å². The Morgan fingerprint density at radius 2 is 1.63 bits per heavy atom. The minimum Gasteiger partial charge on any atom is -0.512 e. The second-order valence-corrected chi connectivity index (χ2v) is 9.25. The monoisotopic (exact) mass is 681 g/mol. The number of hydrogen-bond donors (Lipinski definition) is 1. The van der Waals surface area contributed by atoms with Gasteiger partial charge < -0.3 is 14.5 Å². The van der Waals surface area contributed by atoms with Gasteiger partial charge in [0.25, 0.3) is 0 Å². The summed E-state index contributed by atoms with van der Waals surface area (Å²) in [7, 11) is 0. The van der Waals surface area contributed by atoms with Gasteiger partial charge >= 0.3 is 0 Å². The molecule has 0 aliphatic carbocycles. The number of carbonyl (C=O) groups excluding carboxylic acids is 1. The van der Waals surface area contributed by atoms with E-state index in [1.165, 1.54) is 31.1 Å². The first-order chi connectivity index (χ1) is 17.8. The van der Waals surface area contributed by atoms with Gasteiger partial charge in [-0.2, -0.15) is 0 Å². The Balaban J connectivity index is 0.000000444. The molecule has 195 valence electrons. The third-order valence-corrected chi connectivity index (χ3v) is 5.86. The van der Waals surface area contributed by atoms with Gasteiger partial charge in [-0.3, -0.25) is 4.79 Å². The van der Waals surface area contributed by atoms with E-state index in [1.54, 1.807) is 6.20 Å². The molecule has 4 nitrogen and oxygen atoms in total. The number of rotatable bonds is 5. The van der Waals surface area contributed by atoms with Crippen LogP contribution in [0.15, 0.2) is 107 Å². The topological polar surface area (TPSA) is 63.3 Å². The van der Waals surface area contributed by atoms with Crippen LogP contribution in [0.1, 0.15) is 39.2 Å². The van der Waals surface area contributed by atoms with Crippen LogP contribution in [-0.4, -0.2) is 15.9 Å². The zero-order chi connectivity index (χ0) is 26.4. The molecule has 2 heterocycles. The number of nitrogens with zero attached hydrogens (tertiary/aromatic N) is 1. The Morgan fingerprint density at radius 1 is 0.921 bits per heavy atom. The zero-order valence-electron chi connectivity index (χ0n) is 21.9. The van der Waals surface area contributed by atoms with E-state index >= 15 is 0 Å². The average molecular weight is 681 g/mol. The smallest absolute Gasteiger partial charge is 0.155 e. The molecular formula is C33H30IrNO3-. The molecule has 0 unspecified atom stereocenters. The van der Waals surface area contributed by atoms with Gasteiger partial charge in [-0.25, -0.2) is 0 Å². The number of pyridine rings is 1. The van der Waals surface area contributed by atoms with Crippen molar-refractivity contribution in [3.8, 4) is 33.7 Å². The van der Waals surface area contributed by atoms with Crippen molar-refractivity contribution in [1.82, 2.24) is 4.98 Å². The molecule has 38 heavy (non-hydrogen) atoms. The Hall–Kier alpha value is -3.79. The Labute approximate surface area is 237 Å². The number of aliphatic hydroxyl groups is 1. The van der Waals surface area contributed by atoms with Crippen molar-refractivity contribution in [2.24, 2.45) is 0 Å². The number of ketones is 1. The fourth-order valence-electron chi connectivity index (χ4n) is 3.99. The fourth-order valence-corrected chi connectivity index (χ4v) is 3.99. The van der Waals surface area contributed by atoms with E-state index in [0.717, 1.165) is 39.1 Å². The molecule has 5 aromatic rings. The second kappa shape index (κ2) is 13.1. The van der Waals surface area contributed by atoms with Gasteiger partial charge in [0.15, 0.2) is 11.4 Å². The van der Waals surface area contributed by atoms with Crippen molar-refractivity contribution >= 4 is 16.8 Å². The molecule has 0 spiro atoms. The van der Waals surface area contributed by atoms with Crippen LogP contribution in [0.3, 0.4) is 0 Å². The number of fused-ring (bicyclic) bond motifs is 1. The predicted octanol–water partition coefficient (Wildman–Crippen LogP) is 8.79. The van der Waals surface area contributed by atoms with Crippen LogP contribution in [0.25, 0.3) is 44.7 Å². The summed E-state index contributed by atoms with van der Waals surface area (Å²) in [6.07, 6.45) is 2.97. The van der Waals surface area contributed by atoms with Crippen LogP contribution in [0.5, 0.6) is 0 Å². The van der Waals surface area contributed by atoms with Crippen LogP contribution in [0.2, 0.25) is 0 Å². The molecule has 0 aliphatic heterocycles. The standard InChI is InChI=1S/C28H22NO.C5H8O2.Ir/c1-19(2)20-11-13-22(14-12-20)27-17-25-16-26(29-18-28(25)30-27)24-10-6-9-23(15-24)21-7-4-3-5-8-21;1-4(6)3-5(2)7;/h3-9,11-19H,1-2H3;3,6H,1-2H3;/q-1;;/b;4-3-;. The second-order valence-electron chi connectivity index (χ2n) is 9.25. The van der Waals surface area contributed by atoms with Gasteiger partial charge in [0.05, 0.1) is 12.0 Å². The number of benzene rings is 3. The number of hydrogen-bond acceptors (Lipinski definition) is 4. The fraction of sp³-hybridized carbons (Fsp3) is 0.152. The number of carbonyl (C=O) groups is 1. The molecule has 0 fully saturated rings. The molecule has 0 amide bonds. The molecular weight excluding hydrogens is 651 g/mol. The molecule has 5 rings (SSSR count). The van der Waals surface area contributed by atoms with E-state index in [2.05, 4.69) is 97.7 Å². The van der Waals surface area contributed by atoms with Gasteiger partial charge in [-0.1, -0.05) is 74.5 Å². The van der Waals surface area contributed by atoms with Crippen molar-refractivity contribution in [3.63, 3.8) is 0 Å². The summed E-state index contributed by atoms with van der Waals surface area (Å²) in [6, 6.07) is 32.6. The molecule has 0 saturated carbocycles. The predicted molar refractivity (Wildman–Crippen MR) is 150 cm³/mol. The van der Waals surface area contributed by atoms with E-state index in [4.69, 9.17) is 9.52 Å². The summed E-state index contributed by atoms with van der Waals surface area (Å²) in [5, 5.41) is 9.41. The Kier molecular flexibility index (Phi) is 9.95. The van der Waals surface area contributed by atoms with Gasteiger partial charge in [-0.05, 0) is 42.7 Å². The van der Waals surface area contributed by atoms with Gasteiger partial charge in [-0.15, -0.1) is 35.4 Å². The molecule has 5 heteroatoms. The van der Waals surface area contributed by atoms with Gasteiger partial charge in [0.1, 0.15) is 5.76 Å². The summed E-state index contributed by atoms with van der Waals surface area (Å²) in [4.78, 5) is 14.6. The zero-order valence-corrected chi connectivity index (χ0v) is 24.3. The molecule has 0 saturated heterocycles. The first-order valence-corrected chi connectivity index (χ1v) is 12.3. The summed E-state index contributed by atoms with van der Waals surface area (Å²) >= 11 is 0. The Morgan fingerprint density at radius 3 is 2.24 bits per heavy atom. The normalized spacial score (nSPS) is 11.0. The van der Waals surface area contributed by atoms with E-state index in [-0.39, 0.29) is 31.6 Å².